The number of benzene rings is 1. The van der Waals surface area contributed by atoms with Gasteiger partial charge in [0.1, 0.15) is 0 Å². The third-order valence-electron chi connectivity index (χ3n) is 7.86. The van der Waals surface area contributed by atoms with Crippen LogP contribution in [-0.4, -0.2) is 53.5 Å². The Morgan fingerprint density at radius 1 is 0.868 bits per heavy atom. The summed E-state index contributed by atoms with van der Waals surface area (Å²) in [5.41, 5.74) is 0.892. The van der Waals surface area contributed by atoms with E-state index in [1.165, 1.54) is 76.0 Å². The highest BCUT2D eigenvalue weighted by Gasteiger charge is 2.40. The normalized spacial score (nSPS) is 17.9. The number of rotatable bonds is 16. The molecule has 0 saturated carbocycles. The number of hydrogen-bond acceptors (Lipinski definition) is 4. The van der Waals surface area contributed by atoms with Crippen LogP contribution in [0.15, 0.2) is 29.2 Å². The standard InChI is InChI=1S/C31H49N3O3S/c1-3-5-6-7-8-9-10-11-12-13-14-15-20-28(35)32-25-21-23-33(24-22-25)30(36)29-31(37)34(4-2)26-18-16-17-19-27(26)38-29/h16-19,25,29H,3-15,20-24H2,1-2H3,(H,32,35). The first kappa shape index (κ1) is 30.5. The summed E-state index contributed by atoms with van der Waals surface area (Å²) in [4.78, 5) is 43.3. The molecule has 2 aliphatic heterocycles. The fourth-order valence-electron chi connectivity index (χ4n) is 5.54. The molecule has 1 aromatic rings. The van der Waals surface area contributed by atoms with Crippen molar-refractivity contribution in [1.29, 1.82) is 0 Å². The molecule has 2 aliphatic rings. The van der Waals surface area contributed by atoms with Gasteiger partial charge < -0.3 is 15.1 Å². The molecule has 2 heterocycles. The second-order valence-electron chi connectivity index (χ2n) is 10.9. The number of unbranched alkanes of at least 4 members (excludes halogenated alkanes) is 11. The molecule has 0 aliphatic carbocycles. The van der Waals surface area contributed by atoms with Gasteiger partial charge in [0.05, 0.1) is 5.69 Å². The third-order valence-corrected chi connectivity index (χ3v) is 9.10. The Balaban J connectivity index is 1.27. The lowest BCUT2D eigenvalue weighted by Crippen LogP contribution is -2.53. The van der Waals surface area contributed by atoms with Crippen LogP contribution in [0.2, 0.25) is 0 Å². The highest BCUT2D eigenvalue weighted by molar-refractivity contribution is 8.01. The fourth-order valence-corrected chi connectivity index (χ4v) is 6.72. The molecule has 1 fully saturated rings. The van der Waals surface area contributed by atoms with E-state index in [4.69, 9.17) is 0 Å². The molecule has 3 amide bonds. The first-order valence-electron chi connectivity index (χ1n) is 15.2. The first-order valence-corrected chi connectivity index (χ1v) is 16.1. The fraction of sp³-hybridized carbons (Fsp3) is 0.710. The molecule has 1 N–H and O–H groups in total. The van der Waals surface area contributed by atoms with Crippen molar-refractivity contribution in [1.82, 2.24) is 10.2 Å². The minimum absolute atomic E-state index is 0.103. The summed E-state index contributed by atoms with van der Waals surface area (Å²) in [6.45, 7) is 5.92. The molecule has 3 rings (SSSR count). The zero-order valence-corrected chi connectivity index (χ0v) is 24.5. The number of anilines is 1. The Labute approximate surface area is 234 Å². The van der Waals surface area contributed by atoms with Gasteiger partial charge in [0.15, 0.2) is 5.25 Å². The molecular weight excluding hydrogens is 494 g/mol. The maximum atomic E-state index is 13.3. The number of piperidine rings is 1. The molecule has 1 unspecified atom stereocenters. The lowest BCUT2D eigenvalue weighted by molar-refractivity contribution is -0.135. The Kier molecular flexibility index (Phi) is 13.5. The van der Waals surface area contributed by atoms with Gasteiger partial charge in [-0.15, -0.1) is 11.8 Å². The average molecular weight is 544 g/mol. The molecule has 0 bridgehead atoms. The van der Waals surface area contributed by atoms with Gasteiger partial charge in [0.2, 0.25) is 17.7 Å². The average Bonchev–Trinajstić information content (AvgIpc) is 2.93. The van der Waals surface area contributed by atoms with Crippen molar-refractivity contribution in [3.63, 3.8) is 0 Å². The van der Waals surface area contributed by atoms with E-state index in [-0.39, 0.29) is 23.8 Å². The number of para-hydroxylation sites is 1. The van der Waals surface area contributed by atoms with Crippen LogP contribution in [0.1, 0.15) is 110 Å². The lowest BCUT2D eigenvalue weighted by atomic mass is 10.0. The van der Waals surface area contributed by atoms with Crippen molar-refractivity contribution in [2.75, 3.05) is 24.5 Å². The predicted octanol–water partition coefficient (Wildman–Crippen LogP) is 6.71. The molecule has 0 radical (unpaired) electrons. The second-order valence-corrected chi connectivity index (χ2v) is 12.0. The Morgan fingerprint density at radius 3 is 2.05 bits per heavy atom. The molecule has 7 heteroatoms. The summed E-state index contributed by atoms with van der Waals surface area (Å²) in [6, 6.07) is 7.91. The predicted molar refractivity (Wildman–Crippen MR) is 158 cm³/mol. The summed E-state index contributed by atoms with van der Waals surface area (Å²) in [7, 11) is 0. The molecule has 38 heavy (non-hydrogen) atoms. The van der Waals surface area contributed by atoms with Gasteiger partial charge in [-0.05, 0) is 38.3 Å². The van der Waals surface area contributed by atoms with E-state index in [9.17, 15) is 14.4 Å². The van der Waals surface area contributed by atoms with E-state index in [0.29, 0.717) is 26.1 Å². The smallest absolute Gasteiger partial charge is 0.250 e. The van der Waals surface area contributed by atoms with E-state index in [2.05, 4.69) is 12.2 Å². The van der Waals surface area contributed by atoms with Gasteiger partial charge in [-0.3, -0.25) is 14.4 Å². The summed E-state index contributed by atoms with van der Waals surface area (Å²) >= 11 is 1.37. The van der Waals surface area contributed by atoms with Crippen LogP contribution in [0.4, 0.5) is 5.69 Å². The van der Waals surface area contributed by atoms with Crippen LogP contribution in [-0.2, 0) is 14.4 Å². The number of thioether (sulfide) groups is 1. The van der Waals surface area contributed by atoms with Crippen LogP contribution in [0.3, 0.4) is 0 Å². The van der Waals surface area contributed by atoms with Crippen LogP contribution < -0.4 is 10.2 Å². The minimum Gasteiger partial charge on any atom is -0.353 e. The molecule has 212 valence electrons. The van der Waals surface area contributed by atoms with Crippen molar-refractivity contribution in [3.05, 3.63) is 24.3 Å². The van der Waals surface area contributed by atoms with Crippen molar-refractivity contribution in [3.8, 4) is 0 Å². The maximum absolute atomic E-state index is 13.3. The second kappa shape index (κ2) is 16.8. The number of likely N-dealkylation sites (tertiary alicyclic amines) is 1. The van der Waals surface area contributed by atoms with Gasteiger partial charge in [-0.2, -0.15) is 0 Å². The molecular formula is C31H49N3O3S. The van der Waals surface area contributed by atoms with Crippen LogP contribution in [0.25, 0.3) is 0 Å². The topological polar surface area (TPSA) is 69.7 Å². The summed E-state index contributed by atoms with van der Waals surface area (Å²) in [6.07, 6.45) is 17.6. The summed E-state index contributed by atoms with van der Waals surface area (Å²) < 4.78 is 0. The van der Waals surface area contributed by atoms with Crippen LogP contribution in [0, 0.1) is 0 Å². The van der Waals surface area contributed by atoms with Gasteiger partial charge in [0.25, 0.3) is 0 Å². The quantitative estimate of drug-likeness (QED) is 0.186. The number of hydrogen-bond donors (Lipinski definition) is 1. The van der Waals surface area contributed by atoms with Crippen molar-refractivity contribution >= 4 is 35.2 Å². The van der Waals surface area contributed by atoms with Gasteiger partial charge in [-0.25, -0.2) is 0 Å². The van der Waals surface area contributed by atoms with Crippen LogP contribution in [0.5, 0.6) is 0 Å². The Morgan fingerprint density at radius 2 is 1.45 bits per heavy atom. The van der Waals surface area contributed by atoms with Gasteiger partial charge in [0, 0.05) is 37.0 Å². The number of fused-ring (bicyclic) bond motifs is 1. The molecule has 1 saturated heterocycles. The highest BCUT2D eigenvalue weighted by atomic mass is 32.2. The highest BCUT2D eigenvalue weighted by Crippen LogP contribution is 2.39. The van der Waals surface area contributed by atoms with E-state index >= 15 is 0 Å². The largest absolute Gasteiger partial charge is 0.353 e. The molecule has 1 atom stereocenters. The molecule has 6 nitrogen and oxygen atoms in total. The Hall–Kier alpha value is -2.02. The monoisotopic (exact) mass is 543 g/mol. The van der Waals surface area contributed by atoms with E-state index < -0.39 is 5.25 Å². The third kappa shape index (κ3) is 9.32. The first-order chi connectivity index (χ1) is 18.5. The minimum atomic E-state index is -0.721. The van der Waals surface area contributed by atoms with E-state index in [1.807, 2.05) is 36.1 Å². The molecule has 1 aromatic carbocycles. The molecule has 0 aromatic heterocycles. The zero-order chi connectivity index (χ0) is 27.2. The zero-order valence-electron chi connectivity index (χ0n) is 23.7. The maximum Gasteiger partial charge on any atom is 0.250 e. The lowest BCUT2D eigenvalue weighted by Gasteiger charge is -2.37. The number of amides is 3. The molecule has 0 spiro atoms. The van der Waals surface area contributed by atoms with E-state index in [0.717, 1.165) is 36.3 Å². The summed E-state index contributed by atoms with van der Waals surface area (Å²) in [5, 5.41) is 2.46. The summed E-state index contributed by atoms with van der Waals surface area (Å²) in [5.74, 6) is -0.0941. The number of nitrogens with zero attached hydrogens (tertiary/aromatic N) is 2. The van der Waals surface area contributed by atoms with Crippen LogP contribution >= 0.6 is 11.8 Å². The van der Waals surface area contributed by atoms with Gasteiger partial charge >= 0.3 is 0 Å². The Bertz CT molecular complexity index is 885. The van der Waals surface area contributed by atoms with E-state index in [1.54, 1.807) is 4.90 Å². The number of carbonyl (C=O) groups is 3. The number of nitrogens with one attached hydrogen (secondary N) is 1. The van der Waals surface area contributed by atoms with Crippen molar-refractivity contribution in [2.24, 2.45) is 0 Å². The van der Waals surface area contributed by atoms with Crippen molar-refractivity contribution < 1.29 is 14.4 Å². The van der Waals surface area contributed by atoms with Gasteiger partial charge in [-0.1, -0.05) is 89.7 Å². The number of carbonyl (C=O) groups excluding carboxylic acids is 3. The SMILES string of the molecule is CCCCCCCCCCCCCCC(=O)NC1CCN(C(=O)C2Sc3ccccc3N(CC)C2=O)CC1. The van der Waals surface area contributed by atoms with Crippen molar-refractivity contribution in [2.45, 2.75) is 126 Å².